The van der Waals surface area contributed by atoms with E-state index < -0.39 is 6.10 Å². The van der Waals surface area contributed by atoms with Crippen molar-refractivity contribution in [2.24, 2.45) is 0 Å². The lowest BCUT2D eigenvalue weighted by molar-refractivity contribution is 0.112. The number of hydrogen-bond donors (Lipinski definition) is 1. The van der Waals surface area contributed by atoms with E-state index in [9.17, 15) is 9.90 Å². The highest BCUT2D eigenvalue weighted by Gasteiger charge is 2.15. The summed E-state index contributed by atoms with van der Waals surface area (Å²) >= 11 is 8.36. The standard InChI is InChI=1S/C8H10ClNO2S2/c1-4(12)5(2)13-8-10-7(9)6(3-11)14-8/h3-5,12H,1-2H3. The molecule has 0 aliphatic carbocycles. The molecule has 0 radical (unpaired) electrons. The fourth-order valence-corrected chi connectivity index (χ4v) is 3.10. The van der Waals surface area contributed by atoms with Crippen molar-refractivity contribution in [3.63, 3.8) is 0 Å². The average molecular weight is 252 g/mol. The predicted molar refractivity (Wildman–Crippen MR) is 59.5 cm³/mol. The van der Waals surface area contributed by atoms with Crippen LogP contribution in [-0.2, 0) is 0 Å². The van der Waals surface area contributed by atoms with E-state index in [1.54, 1.807) is 6.92 Å². The number of aliphatic hydroxyl groups is 1. The summed E-state index contributed by atoms with van der Waals surface area (Å²) in [5.41, 5.74) is 0. The zero-order valence-electron chi connectivity index (χ0n) is 7.73. The summed E-state index contributed by atoms with van der Waals surface area (Å²) in [4.78, 5) is 14.9. The van der Waals surface area contributed by atoms with Crippen molar-refractivity contribution in [1.82, 2.24) is 4.98 Å². The molecule has 1 N–H and O–H groups in total. The SMILES string of the molecule is CC(O)C(C)Sc1nc(Cl)c(C=O)s1. The fourth-order valence-electron chi connectivity index (χ4n) is 0.675. The molecule has 0 fully saturated rings. The third-order valence-corrected chi connectivity index (χ3v) is 4.44. The highest BCUT2D eigenvalue weighted by atomic mass is 35.5. The summed E-state index contributed by atoms with van der Waals surface area (Å²) in [7, 11) is 0. The molecule has 1 rings (SSSR count). The Hall–Kier alpha value is -0.100. The molecule has 1 aromatic heterocycles. The number of rotatable bonds is 4. The summed E-state index contributed by atoms with van der Waals surface area (Å²) in [6.45, 7) is 3.61. The summed E-state index contributed by atoms with van der Waals surface area (Å²) in [6, 6.07) is 0. The smallest absolute Gasteiger partial charge is 0.163 e. The third-order valence-electron chi connectivity index (χ3n) is 1.66. The molecular formula is C8H10ClNO2S2. The molecule has 1 heterocycles. The molecule has 0 spiro atoms. The Morgan fingerprint density at radius 3 is 2.71 bits per heavy atom. The van der Waals surface area contributed by atoms with Gasteiger partial charge in [0.2, 0.25) is 0 Å². The molecule has 0 aromatic carbocycles. The van der Waals surface area contributed by atoms with Crippen LogP contribution < -0.4 is 0 Å². The topological polar surface area (TPSA) is 50.2 Å². The zero-order chi connectivity index (χ0) is 10.7. The van der Waals surface area contributed by atoms with E-state index in [1.807, 2.05) is 6.92 Å². The fraction of sp³-hybridized carbons (Fsp3) is 0.500. The molecule has 0 saturated carbocycles. The van der Waals surface area contributed by atoms with Gasteiger partial charge in [-0.1, -0.05) is 30.3 Å². The average Bonchev–Trinajstić information content (AvgIpc) is 2.45. The van der Waals surface area contributed by atoms with Gasteiger partial charge in [-0.3, -0.25) is 4.79 Å². The lowest BCUT2D eigenvalue weighted by atomic mass is 10.3. The minimum atomic E-state index is -0.414. The maximum Gasteiger partial charge on any atom is 0.163 e. The Morgan fingerprint density at radius 1 is 1.64 bits per heavy atom. The monoisotopic (exact) mass is 251 g/mol. The number of nitrogens with zero attached hydrogens (tertiary/aromatic N) is 1. The van der Waals surface area contributed by atoms with Gasteiger partial charge in [-0.2, -0.15) is 0 Å². The number of hydrogen-bond acceptors (Lipinski definition) is 5. The first-order valence-corrected chi connectivity index (χ1v) is 6.08. The summed E-state index contributed by atoms with van der Waals surface area (Å²) in [5, 5.41) is 9.55. The Morgan fingerprint density at radius 2 is 2.29 bits per heavy atom. The van der Waals surface area contributed by atoms with Gasteiger partial charge in [-0.05, 0) is 6.92 Å². The van der Waals surface area contributed by atoms with Gasteiger partial charge in [0.15, 0.2) is 15.8 Å². The van der Waals surface area contributed by atoms with E-state index in [1.165, 1.54) is 23.1 Å². The van der Waals surface area contributed by atoms with Gasteiger partial charge in [-0.15, -0.1) is 11.3 Å². The molecule has 0 amide bonds. The molecule has 1 aromatic rings. The lowest BCUT2D eigenvalue weighted by Gasteiger charge is -2.11. The molecule has 2 unspecified atom stereocenters. The van der Waals surface area contributed by atoms with Crippen molar-refractivity contribution >= 4 is 41.0 Å². The molecule has 0 aliphatic rings. The second-order valence-electron chi connectivity index (χ2n) is 2.82. The van der Waals surface area contributed by atoms with Crippen molar-refractivity contribution in [2.45, 2.75) is 29.5 Å². The molecular weight excluding hydrogens is 242 g/mol. The van der Waals surface area contributed by atoms with Gasteiger partial charge >= 0.3 is 0 Å². The Kier molecular flexibility index (Phi) is 4.37. The van der Waals surface area contributed by atoms with Crippen LogP contribution in [0, 0.1) is 0 Å². The van der Waals surface area contributed by atoms with Crippen LogP contribution in [0.2, 0.25) is 5.15 Å². The highest BCUT2D eigenvalue weighted by Crippen LogP contribution is 2.32. The molecule has 78 valence electrons. The van der Waals surface area contributed by atoms with Crippen molar-refractivity contribution in [3.8, 4) is 0 Å². The van der Waals surface area contributed by atoms with Crippen LogP contribution in [-0.4, -0.2) is 27.7 Å². The van der Waals surface area contributed by atoms with Crippen LogP contribution in [0.25, 0.3) is 0 Å². The van der Waals surface area contributed by atoms with Crippen molar-refractivity contribution in [1.29, 1.82) is 0 Å². The highest BCUT2D eigenvalue weighted by molar-refractivity contribution is 8.01. The molecule has 6 heteroatoms. The van der Waals surface area contributed by atoms with Crippen LogP contribution in [0.3, 0.4) is 0 Å². The third kappa shape index (κ3) is 2.95. The van der Waals surface area contributed by atoms with Crippen LogP contribution in [0.5, 0.6) is 0 Å². The second kappa shape index (κ2) is 5.11. The van der Waals surface area contributed by atoms with E-state index in [4.69, 9.17) is 11.6 Å². The van der Waals surface area contributed by atoms with Gasteiger partial charge in [0.1, 0.15) is 4.88 Å². The predicted octanol–water partition coefficient (Wildman–Crippen LogP) is 2.47. The number of aromatic nitrogens is 1. The normalized spacial score (nSPS) is 15.1. The number of carbonyl (C=O) groups excluding carboxylic acids is 1. The summed E-state index contributed by atoms with van der Waals surface area (Å²) < 4.78 is 0.713. The van der Waals surface area contributed by atoms with E-state index in [0.29, 0.717) is 15.5 Å². The van der Waals surface area contributed by atoms with E-state index in [0.717, 1.165) is 0 Å². The number of thioether (sulfide) groups is 1. The number of aliphatic hydroxyl groups excluding tert-OH is 1. The minimum absolute atomic E-state index is 0.0386. The van der Waals surface area contributed by atoms with E-state index >= 15 is 0 Å². The van der Waals surface area contributed by atoms with Crippen LogP contribution >= 0.6 is 34.7 Å². The molecule has 0 saturated heterocycles. The zero-order valence-corrected chi connectivity index (χ0v) is 10.1. The second-order valence-corrected chi connectivity index (χ2v) is 5.83. The number of carbonyl (C=O) groups is 1. The molecule has 3 nitrogen and oxygen atoms in total. The Bertz CT molecular complexity index is 327. The van der Waals surface area contributed by atoms with Gasteiger partial charge in [0.05, 0.1) is 6.10 Å². The van der Waals surface area contributed by atoms with E-state index in [2.05, 4.69) is 4.98 Å². The number of thiazole rings is 1. The maximum atomic E-state index is 10.5. The molecule has 0 bridgehead atoms. The van der Waals surface area contributed by atoms with Gasteiger partial charge in [0, 0.05) is 5.25 Å². The maximum absolute atomic E-state index is 10.5. The molecule has 14 heavy (non-hydrogen) atoms. The van der Waals surface area contributed by atoms with Crippen LogP contribution in [0.4, 0.5) is 0 Å². The minimum Gasteiger partial charge on any atom is -0.392 e. The number of aldehydes is 1. The first kappa shape index (κ1) is 12.0. The Labute approximate surface area is 95.5 Å². The summed E-state index contributed by atoms with van der Waals surface area (Å²) in [5.74, 6) is 0. The van der Waals surface area contributed by atoms with Gasteiger partial charge in [-0.25, -0.2) is 4.98 Å². The van der Waals surface area contributed by atoms with E-state index in [-0.39, 0.29) is 10.4 Å². The first-order valence-electron chi connectivity index (χ1n) is 4.00. The van der Waals surface area contributed by atoms with Crippen molar-refractivity contribution in [3.05, 3.63) is 10.0 Å². The Balaban J connectivity index is 2.72. The lowest BCUT2D eigenvalue weighted by Crippen LogP contribution is -2.14. The van der Waals surface area contributed by atoms with Crippen molar-refractivity contribution in [2.75, 3.05) is 0 Å². The van der Waals surface area contributed by atoms with Crippen molar-refractivity contribution < 1.29 is 9.90 Å². The van der Waals surface area contributed by atoms with Crippen LogP contribution in [0.15, 0.2) is 4.34 Å². The largest absolute Gasteiger partial charge is 0.392 e. The first-order chi connectivity index (χ1) is 6.54. The van der Waals surface area contributed by atoms with Crippen LogP contribution in [0.1, 0.15) is 23.5 Å². The van der Waals surface area contributed by atoms with Gasteiger partial charge in [0.25, 0.3) is 0 Å². The number of halogens is 1. The van der Waals surface area contributed by atoms with Gasteiger partial charge < -0.3 is 5.11 Å². The quantitative estimate of drug-likeness (QED) is 0.660. The molecule has 2 atom stereocenters. The molecule has 0 aliphatic heterocycles. The summed E-state index contributed by atoms with van der Waals surface area (Å²) in [6.07, 6.45) is 0.277.